The average molecular weight is 354 g/mol. The number of rotatable bonds is 7. The number of aryl methyl sites for hydroxylation is 1. The van der Waals surface area contributed by atoms with Crippen molar-refractivity contribution >= 4 is 11.6 Å². The number of nitrogens with one attached hydrogen (secondary N) is 1. The minimum absolute atomic E-state index is 0.0201. The van der Waals surface area contributed by atoms with Crippen LogP contribution in [0.3, 0.4) is 0 Å². The standard InChI is InChI=1S/C21H26N2O3/c1-3-4-16-5-8-18(9-6-16)22-21(24)15-23(2)14-17-7-10-19-20(13-17)26-12-11-25-19/h5-10,13H,3-4,11-12,14-15H2,1-2H3,(H,22,24). The molecule has 0 spiro atoms. The van der Waals surface area contributed by atoms with Crippen LogP contribution >= 0.6 is 0 Å². The van der Waals surface area contributed by atoms with E-state index in [-0.39, 0.29) is 5.91 Å². The highest BCUT2D eigenvalue weighted by molar-refractivity contribution is 5.92. The number of carbonyl (C=O) groups excluding carboxylic acids is 1. The molecule has 26 heavy (non-hydrogen) atoms. The smallest absolute Gasteiger partial charge is 0.238 e. The number of ether oxygens (including phenoxy) is 2. The molecule has 0 bridgehead atoms. The molecule has 5 nitrogen and oxygen atoms in total. The Morgan fingerprint density at radius 2 is 1.73 bits per heavy atom. The molecule has 3 rings (SSSR count). The molecule has 5 heteroatoms. The topological polar surface area (TPSA) is 50.8 Å². The Morgan fingerprint density at radius 1 is 1.04 bits per heavy atom. The highest BCUT2D eigenvalue weighted by Gasteiger charge is 2.13. The Bertz CT molecular complexity index is 743. The zero-order valence-electron chi connectivity index (χ0n) is 15.5. The molecule has 0 atom stereocenters. The molecule has 1 aliphatic rings. The lowest BCUT2D eigenvalue weighted by Gasteiger charge is -2.21. The molecule has 0 saturated heterocycles. The molecule has 1 aliphatic heterocycles. The Balaban J connectivity index is 1.51. The maximum absolute atomic E-state index is 12.3. The second-order valence-corrected chi connectivity index (χ2v) is 6.65. The van der Waals surface area contributed by atoms with E-state index in [1.165, 1.54) is 5.56 Å². The second-order valence-electron chi connectivity index (χ2n) is 6.65. The minimum atomic E-state index is -0.0201. The first-order chi connectivity index (χ1) is 12.6. The molecule has 0 aliphatic carbocycles. The van der Waals surface area contributed by atoms with Gasteiger partial charge in [0.05, 0.1) is 6.54 Å². The van der Waals surface area contributed by atoms with Gasteiger partial charge in [0, 0.05) is 12.2 Å². The van der Waals surface area contributed by atoms with Gasteiger partial charge >= 0.3 is 0 Å². The van der Waals surface area contributed by atoms with E-state index in [2.05, 4.69) is 24.4 Å². The molecular weight excluding hydrogens is 328 g/mol. The Labute approximate surface area is 154 Å². The molecule has 0 aromatic heterocycles. The summed E-state index contributed by atoms with van der Waals surface area (Å²) in [4.78, 5) is 14.2. The fourth-order valence-electron chi connectivity index (χ4n) is 3.04. The maximum Gasteiger partial charge on any atom is 0.238 e. The zero-order valence-corrected chi connectivity index (χ0v) is 15.5. The van der Waals surface area contributed by atoms with Crippen LogP contribution < -0.4 is 14.8 Å². The molecule has 0 saturated carbocycles. The van der Waals surface area contributed by atoms with E-state index in [0.717, 1.165) is 35.6 Å². The lowest BCUT2D eigenvalue weighted by atomic mass is 10.1. The van der Waals surface area contributed by atoms with Crippen LogP contribution in [0.5, 0.6) is 11.5 Å². The SMILES string of the molecule is CCCc1ccc(NC(=O)CN(C)Cc2ccc3c(c2)OCCO3)cc1. The van der Waals surface area contributed by atoms with Crippen LogP contribution in [0.2, 0.25) is 0 Å². The van der Waals surface area contributed by atoms with E-state index >= 15 is 0 Å². The summed E-state index contributed by atoms with van der Waals surface area (Å²) in [5, 5.41) is 2.95. The summed E-state index contributed by atoms with van der Waals surface area (Å²) >= 11 is 0. The first-order valence-corrected chi connectivity index (χ1v) is 9.10. The lowest BCUT2D eigenvalue weighted by molar-refractivity contribution is -0.117. The molecule has 0 fully saturated rings. The van der Waals surface area contributed by atoms with Gasteiger partial charge in [-0.05, 0) is 48.9 Å². The van der Waals surface area contributed by atoms with Gasteiger partial charge in [-0.3, -0.25) is 9.69 Å². The number of benzene rings is 2. The third-order valence-electron chi connectivity index (χ3n) is 4.25. The molecule has 0 unspecified atom stereocenters. The van der Waals surface area contributed by atoms with Crippen LogP contribution in [-0.2, 0) is 17.8 Å². The van der Waals surface area contributed by atoms with Gasteiger partial charge in [-0.1, -0.05) is 31.5 Å². The van der Waals surface area contributed by atoms with Gasteiger partial charge in [0.2, 0.25) is 5.91 Å². The van der Waals surface area contributed by atoms with Gasteiger partial charge in [0.15, 0.2) is 11.5 Å². The number of amides is 1. The molecule has 138 valence electrons. The number of nitrogens with zero attached hydrogens (tertiary/aromatic N) is 1. The molecule has 0 radical (unpaired) electrons. The predicted octanol–water partition coefficient (Wildman–Crippen LogP) is 3.48. The molecule has 2 aromatic rings. The van der Waals surface area contributed by atoms with Crippen LogP contribution in [0.4, 0.5) is 5.69 Å². The third-order valence-corrected chi connectivity index (χ3v) is 4.25. The third kappa shape index (κ3) is 4.99. The van der Waals surface area contributed by atoms with Gasteiger partial charge in [-0.25, -0.2) is 0 Å². The molecule has 1 N–H and O–H groups in total. The van der Waals surface area contributed by atoms with Crippen molar-refractivity contribution in [2.24, 2.45) is 0 Å². The fraction of sp³-hybridized carbons (Fsp3) is 0.381. The van der Waals surface area contributed by atoms with Crippen LogP contribution in [0.25, 0.3) is 0 Å². The summed E-state index contributed by atoms with van der Waals surface area (Å²) in [7, 11) is 1.93. The second kappa shape index (κ2) is 8.72. The van der Waals surface area contributed by atoms with E-state index in [0.29, 0.717) is 26.3 Å². The summed E-state index contributed by atoms with van der Waals surface area (Å²) < 4.78 is 11.1. The van der Waals surface area contributed by atoms with E-state index in [9.17, 15) is 4.79 Å². The number of hydrogen-bond acceptors (Lipinski definition) is 4. The van der Waals surface area contributed by atoms with Crippen LogP contribution in [-0.4, -0.2) is 37.6 Å². The average Bonchev–Trinajstić information content (AvgIpc) is 2.63. The van der Waals surface area contributed by atoms with E-state index in [1.807, 2.05) is 42.3 Å². The van der Waals surface area contributed by atoms with Crippen molar-refractivity contribution < 1.29 is 14.3 Å². The first kappa shape index (κ1) is 18.3. The summed E-state index contributed by atoms with van der Waals surface area (Å²) in [6.45, 7) is 4.31. The Morgan fingerprint density at radius 3 is 2.46 bits per heavy atom. The van der Waals surface area contributed by atoms with E-state index < -0.39 is 0 Å². The summed E-state index contributed by atoms with van der Waals surface area (Å²) in [5.41, 5.74) is 3.22. The van der Waals surface area contributed by atoms with E-state index in [1.54, 1.807) is 0 Å². The number of likely N-dealkylation sites (N-methyl/N-ethyl adjacent to an activating group) is 1. The van der Waals surface area contributed by atoms with Gasteiger partial charge in [0.1, 0.15) is 13.2 Å². The van der Waals surface area contributed by atoms with Crippen molar-refractivity contribution in [1.29, 1.82) is 0 Å². The van der Waals surface area contributed by atoms with Gasteiger partial charge < -0.3 is 14.8 Å². The number of fused-ring (bicyclic) bond motifs is 1. The normalized spacial score (nSPS) is 12.9. The number of hydrogen-bond donors (Lipinski definition) is 1. The van der Waals surface area contributed by atoms with Crippen LogP contribution in [0, 0.1) is 0 Å². The largest absolute Gasteiger partial charge is 0.486 e. The Hall–Kier alpha value is -2.53. The summed E-state index contributed by atoms with van der Waals surface area (Å²) in [6, 6.07) is 14.0. The van der Waals surface area contributed by atoms with Crippen LogP contribution in [0.15, 0.2) is 42.5 Å². The van der Waals surface area contributed by atoms with E-state index in [4.69, 9.17) is 9.47 Å². The molecule has 1 amide bonds. The van der Waals surface area contributed by atoms with Crippen molar-refractivity contribution in [2.75, 3.05) is 32.1 Å². The fourth-order valence-corrected chi connectivity index (χ4v) is 3.04. The summed E-state index contributed by atoms with van der Waals surface area (Å²) in [5.74, 6) is 1.54. The molecular formula is C21H26N2O3. The maximum atomic E-state index is 12.3. The number of carbonyl (C=O) groups is 1. The lowest BCUT2D eigenvalue weighted by Crippen LogP contribution is -2.29. The van der Waals surface area contributed by atoms with Crippen molar-refractivity contribution in [3.8, 4) is 11.5 Å². The highest BCUT2D eigenvalue weighted by Crippen LogP contribution is 2.31. The quantitative estimate of drug-likeness (QED) is 0.827. The highest BCUT2D eigenvalue weighted by atomic mass is 16.6. The minimum Gasteiger partial charge on any atom is -0.486 e. The van der Waals surface area contributed by atoms with Crippen molar-refractivity contribution in [3.63, 3.8) is 0 Å². The number of anilines is 1. The van der Waals surface area contributed by atoms with Gasteiger partial charge in [-0.2, -0.15) is 0 Å². The monoisotopic (exact) mass is 354 g/mol. The summed E-state index contributed by atoms with van der Waals surface area (Å²) in [6.07, 6.45) is 2.18. The predicted molar refractivity (Wildman–Crippen MR) is 103 cm³/mol. The zero-order chi connectivity index (χ0) is 18.4. The van der Waals surface area contributed by atoms with Gasteiger partial charge in [-0.15, -0.1) is 0 Å². The van der Waals surface area contributed by atoms with Crippen molar-refractivity contribution in [3.05, 3.63) is 53.6 Å². The van der Waals surface area contributed by atoms with Gasteiger partial charge in [0.25, 0.3) is 0 Å². The molecule has 2 aromatic carbocycles. The van der Waals surface area contributed by atoms with Crippen molar-refractivity contribution in [2.45, 2.75) is 26.3 Å². The first-order valence-electron chi connectivity index (χ1n) is 9.10. The van der Waals surface area contributed by atoms with Crippen molar-refractivity contribution in [1.82, 2.24) is 4.90 Å². The molecule has 1 heterocycles. The Kier molecular flexibility index (Phi) is 6.12. The van der Waals surface area contributed by atoms with Crippen LogP contribution in [0.1, 0.15) is 24.5 Å².